The van der Waals surface area contributed by atoms with Gasteiger partial charge in [0.1, 0.15) is 5.75 Å². The topological polar surface area (TPSA) is 50.4 Å². The molecule has 2 N–H and O–H groups in total. The number of amides is 1. The van der Waals surface area contributed by atoms with Gasteiger partial charge in [0.05, 0.1) is 12.8 Å². The van der Waals surface area contributed by atoms with Crippen LogP contribution in [0.25, 0.3) is 0 Å². The highest BCUT2D eigenvalue weighted by molar-refractivity contribution is 5.89. The molecule has 1 rings (SSSR count). The first-order valence-corrected chi connectivity index (χ1v) is 5.25. The fourth-order valence-electron chi connectivity index (χ4n) is 1.41. The van der Waals surface area contributed by atoms with Gasteiger partial charge in [-0.3, -0.25) is 4.79 Å². The van der Waals surface area contributed by atoms with E-state index in [0.717, 1.165) is 17.1 Å². The normalized spacial score (nSPS) is 9.47. The summed E-state index contributed by atoms with van der Waals surface area (Å²) in [5.74, 6) is 0.684. The van der Waals surface area contributed by atoms with Gasteiger partial charge in [-0.25, -0.2) is 0 Å². The molecule has 0 aliphatic rings. The van der Waals surface area contributed by atoms with Gasteiger partial charge in [-0.15, -0.1) is 12.4 Å². The lowest BCUT2D eigenvalue weighted by atomic mass is 10.2. The Bertz CT molecular complexity index is 381. The first kappa shape index (κ1) is 15.6. The van der Waals surface area contributed by atoms with E-state index in [1.165, 1.54) is 6.92 Å². The zero-order valence-electron chi connectivity index (χ0n) is 10.5. The Balaban J connectivity index is 0.00000256. The summed E-state index contributed by atoms with van der Waals surface area (Å²) < 4.78 is 5.23. The number of hydrogen-bond donors (Lipinski definition) is 2. The molecule has 17 heavy (non-hydrogen) atoms. The van der Waals surface area contributed by atoms with Crippen molar-refractivity contribution in [2.45, 2.75) is 26.8 Å². The molecule has 96 valence electrons. The maximum absolute atomic E-state index is 10.9. The second-order valence-corrected chi connectivity index (χ2v) is 3.90. The molecule has 0 bridgehead atoms. The molecule has 4 nitrogen and oxygen atoms in total. The summed E-state index contributed by atoms with van der Waals surface area (Å²) in [6.45, 7) is 5.58. The standard InChI is InChI=1S/C12H18N2O2.ClH/c1-8(2)13-11-7-10(14-9(3)15)5-6-12(11)16-4;/h5-8,13H,1-4H3,(H,14,15);1H. The van der Waals surface area contributed by atoms with Crippen LogP contribution in [0.15, 0.2) is 18.2 Å². The highest BCUT2D eigenvalue weighted by atomic mass is 35.5. The van der Waals surface area contributed by atoms with E-state index in [9.17, 15) is 4.79 Å². The summed E-state index contributed by atoms with van der Waals surface area (Å²) in [4.78, 5) is 10.9. The van der Waals surface area contributed by atoms with Crippen LogP contribution in [0.4, 0.5) is 11.4 Å². The molecule has 0 aliphatic carbocycles. The first-order chi connectivity index (χ1) is 7.52. The van der Waals surface area contributed by atoms with Gasteiger partial charge in [-0.05, 0) is 32.0 Å². The minimum absolute atomic E-state index is 0. The Morgan fingerprint density at radius 3 is 2.47 bits per heavy atom. The predicted molar refractivity (Wildman–Crippen MR) is 73.3 cm³/mol. The molecule has 0 aromatic heterocycles. The molecule has 0 saturated heterocycles. The first-order valence-electron chi connectivity index (χ1n) is 5.25. The molecule has 0 heterocycles. The van der Waals surface area contributed by atoms with Gasteiger partial charge in [-0.1, -0.05) is 0 Å². The van der Waals surface area contributed by atoms with E-state index < -0.39 is 0 Å². The molecule has 5 heteroatoms. The molecule has 0 saturated carbocycles. The molecule has 0 aliphatic heterocycles. The number of carbonyl (C=O) groups excluding carboxylic acids is 1. The zero-order chi connectivity index (χ0) is 12.1. The molecule has 0 radical (unpaired) electrons. The Morgan fingerprint density at radius 1 is 1.35 bits per heavy atom. The molecule has 0 unspecified atom stereocenters. The predicted octanol–water partition coefficient (Wildman–Crippen LogP) is 2.90. The molecule has 1 aromatic carbocycles. The quantitative estimate of drug-likeness (QED) is 0.873. The van der Waals surface area contributed by atoms with Gasteiger partial charge in [0, 0.05) is 18.7 Å². The van der Waals surface area contributed by atoms with Crippen molar-refractivity contribution in [2.75, 3.05) is 17.7 Å². The highest BCUT2D eigenvalue weighted by Crippen LogP contribution is 2.28. The zero-order valence-corrected chi connectivity index (χ0v) is 11.4. The third-order valence-electron chi connectivity index (χ3n) is 1.96. The number of nitrogens with one attached hydrogen (secondary N) is 2. The summed E-state index contributed by atoms with van der Waals surface area (Å²) in [6.07, 6.45) is 0. The molecule has 1 aromatic rings. The number of hydrogen-bond acceptors (Lipinski definition) is 3. The average Bonchev–Trinajstić information content (AvgIpc) is 2.16. The van der Waals surface area contributed by atoms with Crippen LogP contribution in [0.3, 0.4) is 0 Å². The minimum atomic E-state index is -0.0827. The maximum Gasteiger partial charge on any atom is 0.221 e. The van der Waals surface area contributed by atoms with Gasteiger partial charge in [-0.2, -0.15) is 0 Å². The number of ether oxygens (including phenoxy) is 1. The van der Waals surface area contributed by atoms with Gasteiger partial charge < -0.3 is 15.4 Å². The van der Waals surface area contributed by atoms with Crippen molar-refractivity contribution < 1.29 is 9.53 Å². The lowest BCUT2D eigenvalue weighted by Gasteiger charge is -2.15. The van der Waals surface area contributed by atoms with Crippen LogP contribution in [0.1, 0.15) is 20.8 Å². The second kappa shape index (κ2) is 7.01. The van der Waals surface area contributed by atoms with Crippen LogP contribution in [0.5, 0.6) is 5.75 Å². The van der Waals surface area contributed by atoms with Crippen molar-refractivity contribution >= 4 is 29.7 Å². The van der Waals surface area contributed by atoms with Crippen LogP contribution < -0.4 is 15.4 Å². The van der Waals surface area contributed by atoms with E-state index in [-0.39, 0.29) is 18.3 Å². The van der Waals surface area contributed by atoms with Gasteiger partial charge in [0.25, 0.3) is 0 Å². The fraction of sp³-hybridized carbons (Fsp3) is 0.417. The van der Waals surface area contributed by atoms with Crippen molar-refractivity contribution in [1.82, 2.24) is 0 Å². The second-order valence-electron chi connectivity index (χ2n) is 3.90. The maximum atomic E-state index is 10.9. The minimum Gasteiger partial charge on any atom is -0.495 e. The molecular weight excluding hydrogens is 240 g/mol. The van der Waals surface area contributed by atoms with Gasteiger partial charge in [0.15, 0.2) is 0 Å². The monoisotopic (exact) mass is 258 g/mol. The van der Waals surface area contributed by atoms with Crippen molar-refractivity contribution in [3.8, 4) is 5.75 Å². The molecule has 0 fully saturated rings. The molecule has 0 atom stereocenters. The van der Waals surface area contributed by atoms with Crippen LogP contribution in [0, 0.1) is 0 Å². The summed E-state index contributed by atoms with van der Waals surface area (Å²) in [5, 5.41) is 6.00. The van der Waals surface area contributed by atoms with E-state index in [4.69, 9.17) is 4.74 Å². The van der Waals surface area contributed by atoms with Crippen LogP contribution in [-0.4, -0.2) is 19.1 Å². The lowest BCUT2D eigenvalue weighted by molar-refractivity contribution is -0.114. The van der Waals surface area contributed by atoms with Crippen LogP contribution in [-0.2, 0) is 4.79 Å². The van der Waals surface area contributed by atoms with Gasteiger partial charge in [0.2, 0.25) is 5.91 Å². The smallest absolute Gasteiger partial charge is 0.221 e. The summed E-state index contributed by atoms with van der Waals surface area (Å²) in [6, 6.07) is 5.81. The van der Waals surface area contributed by atoms with Gasteiger partial charge >= 0.3 is 0 Å². The number of anilines is 2. The van der Waals surface area contributed by atoms with Crippen LogP contribution >= 0.6 is 12.4 Å². The number of rotatable bonds is 4. The van der Waals surface area contributed by atoms with E-state index in [2.05, 4.69) is 10.6 Å². The Hall–Kier alpha value is -1.42. The number of methoxy groups -OCH3 is 1. The molecular formula is C12H19ClN2O2. The highest BCUT2D eigenvalue weighted by Gasteiger charge is 2.06. The summed E-state index contributed by atoms with van der Waals surface area (Å²) >= 11 is 0. The Morgan fingerprint density at radius 2 is 2.00 bits per heavy atom. The SMILES string of the molecule is COc1ccc(NC(C)=O)cc1NC(C)C.Cl. The van der Waals surface area contributed by atoms with E-state index in [1.54, 1.807) is 7.11 Å². The molecule has 0 spiro atoms. The summed E-state index contributed by atoms with van der Waals surface area (Å²) in [7, 11) is 1.62. The van der Waals surface area contributed by atoms with Crippen molar-refractivity contribution in [1.29, 1.82) is 0 Å². The van der Waals surface area contributed by atoms with Crippen LogP contribution in [0.2, 0.25) is 0 Å². The third kappa shape index (κ3) is 4.95. The Kier molecular flexibility index (Phi) is 6.43. The summed E-state index contributed by atoms with van der Waals surface area (Å²) in [5.41, 5.74) is 1.64. The van der Waals surface area contributed by atoms with E-state index >= 15 is 0 Å². The Labute approximate surface area is 108 Å². The van der Waals surface area contributed by atoms with E-state index in [0.29, 0.717) is 6.04 Å². The molecule has 1 amide bonds. The van der Waals surface area contributed by atoms with Crippen molar-refractivity contribution in [3.05, 3.63) is 18.2 Å². The lowest BCUT2D eigenvalue weighted by Crippen LogP contribution is -2.12. The van der Waals surface area contributed by atoms with E-state index in [1.807, 2.05) is 32.0 Å². The number of benzene rings is 1. The number of carbonyl (C=O) groups is 1. The van der Waals surface area contributed by atoms with Crippen molar-refractivity contribution in [3.63, 3.8) is 0 Å². The average molecular weight is 259 g/mol. The third-order valence-corrected chi connectivity index (χ3v) is 1.96. The fourth-order valence-corrected chi connectivity index (χ4v) is 1.41. The number of halogens is 1. The van der Waals surface area contributed by atoms with Crippen molar-refractivity contribution in [2.24, 2.45) is 0 Å². The largest absolute Gasteiger partial charge is 0.495 e.